The van der Waals surface area contributed by atoms with Crippen molar-refractivity contribution in [2.75, 3.05) is 7.11 Å². The molecule has 1 aliphatic heterocycles. The number of rotatable bonds is 5. The van der Waals surface area contributed by atoms with Crippen LogP contribution in [-0.4, -0.2) is 27.7 Å². The summed E-state index contributed by atoms with van der Waals surface area (Å²) in [6.07, 6.45) is 9.05. The molecule has 0 aromatic carbocycles. The highest BCUT2D eigenvalue weighted by molar-refractivity contribution is 5.67. The van der Waals surface area contributed by atoms with E-state index in [2.05, 4.69) is 33.4 Å². The molecule has 27 heavy (non-hydrogen) atoms. The number of ether oxygens (including phenoxy) is 1. The van der Waals surface area contributed by atoms with E-state index in [9.17, 15) is 5.53 Å². The molecule has 2 aliphatic rings. The molecule has 0 bridgehead atoms. The van der Waals surface area contributed by atoms with Crippen LogP contribution in [-0.2, 0) is 0 Å². The van der Waals surface area contributed by atoms with Gasteiger partial charge >= 0.3 is 0 Å². The Morgan fingerprint density at radius 2 is 2.15 bits per heavy atom. The van der Waals surface area contributed by atoms with Gasteiger partial charge in [-0.25, -0.2) is 9.97 Å². The Morgan fingerprint density at radius 1 is 1.37 bits per heavy atom. The summed E-state index contributed by atoms with van der Waals surface area (Å²) < 4.78 is 7.49. The van der Waals surface area contributed by atoms with Crippen LogP contribution in [0.25, 0.3) is 21.7 Å². The minimum Gasteiger partial charge on any atom is -0.481 e. The SMILES string of the molecule is COc1ccc2c(n1)C(CC(N=[N+]=[N-])C1CCC(C)(C)CC1)n1cncc1-2. The molecule has 0 spiro atoms. The molecule has 0 saturated heterocycles. The maximum absolute atomic E-state index is 9.18. The summed E-state index contributed by atoms with van der Waals surface area (Å²) in [6.45, 7) is 4.65. The van der Waals surface area contributed by atoms with E-state index >= 15 is 0 Å². The summed E-state index contributed by atoms with van der Waals surface area (Å²) >= 11 is 0. The van der Waals surface area contributed by atoms with E-state index in [0.717, 1.165) is 36.2 Å². The van der Waals surface area contributed by atoms with Crippen LogP contribution >= 0.6 is 0 Å². The van der Waals surface area contributed by atoms with E-state index in [0.29, 0.717) is 17.2 Å². The van der Waals surface area contributed by atoms with Gasteiger partial charge in [-0.3, -0.25) is 0 Å². The van der Waals surface area contributed by atoms with E-state index in [4.69, 9.17) is 9.72 Å². The number of imidazole rings is 1. The van der Waals surface area contributed by atoms with Crippen molar-refractivity contribution in [3.8, 4) is 17.1 Å². The predicted octanol–water partition coefficient (Wildman–Crippen LogP) is 5.14. The molecule has 4 rings (SSSR count). The van der Waals surface area contributed by atoms with Crippen molar-refractivity contribution in [1.29, 1.82) is 0 Å². The molecule has 1 saturated carbocycles. The van der Waals surface area contributed by atoms with Crippen molar-refractivity contribution in [1.82, 2.24) is 14.5 Å². The normalized spacial score (nSPS) is 21.8. The van der Waals surface area contributed by atoms with Gasteiger partial charge in [0.2, 0.25) is 5.88 Å². The summed E-state index contributed by atoms with van der Waals surface area (Å²) in [6, 6.07) is 3.91. The summed E-state index contributed by atoms with van der Waals surface area (Å²) in [5, 5.41) is 4.22. The summed E-state index contributed by atoms with van der Waals surface area (Å²) in [5.74, 6) is 1.03. The Bertz CT molecular complexity index is 872. The van der Waals surface area contributed by atoms with Gasteiger partial charge in [0.1, 0.15) is 0 Å². The molecule has 7 nitrogen and oxygen atoms in total. The van der Waals surface area contributed by atoms with Crippen LogP contribution in [0.15, 0.2) is 29.8 Å². The second kappa shape index (κ2) is 6.89. The van der Waals surface area contributed by atoms with E-state index < -0.39 is 0 Å². The highest BCUT2D eigenvalue weighted by Gasteiger charge is 2.36. The van der Waals surface area contributed by atoms with Crippen LogP contribution < -0.4 is 4.74 Å². The van der Waals surface area contributed by atoms with Gasteiger partial charge in [-0.15, -0.1) is 0 Å². The quantitative estimate of drug-likeness (QED) is 0.417. The molecule has 2 unspecified atom stereocenters. The van der Waals surface area contributed by atoms with Crippen LogP contribution in [0.5, 0.6) is 5.88 Å². The topological polar surface area (TPSA) is 88.7 Å². The van der Waals surface area contributed by atoms with E-state index in [-0.39, 0.29) is 12.1 Å². The number of pyridine rings is 1. The first-order valence-electron chi connectivity index (χ1n) is 9.64. The zero-order chi connectivity index (χ0) is 19.0. The Morgan fingerprint density at radius 3 is 2.85 bits per heavy atom. The molecule has 0 amide bonds. The van der Waals surface area contributed by atoms with Gasteiger partial charge in [0.25, 0.3) is 0 Å². The third-order valence-electron chi connectivity index (χ3n) is 6.29. The van der Waals surface area contributed by atoms with Crippen LogP contribution in [0.1, 0.15) is 57.7 Å². The second-order valence-electron chi connectivity index (χ2n) is 8.50. The average molecular weight is 366 g/mol. The molecular weight excluding hydrogens is 340 g/mol. The Hall–Kier alpha value is -2.53. The summed E-state index contributed by atoms with van der Waals surface area (Å²) in [7, 11) is 1.63. The fraction of sp³-hybridized carbons (Fsp3) is 0.600. The molecule has 3 heterocycles. The van der Waals surface area contributed by atoms with Gasteiger partial charge in [0, 0.05) is 22.6 Å². The molecule has 0 N–H and O–H groups in total. The molecule has 7 heteroatoms. The van der Waals surface area contributed by atoms with Crippen molar-refractivity contribution < 1.29 is 4.74 Å². The lowest BCUT2D eigenvalue weighted by Crippen LogP contribution is -2.29. The maximum Gasteiger partial charge on any atom is 0.213 e. The molecule has 142 valence electrons. The van der Waals surface area contributed by atoms with Crippen LogP contribution in [0.4, 0.5) is 0 Å². The van der Waals surface area contributed by atoms with Gasteiger partial charge < -0.3 is 9.30 Å². The number of fused-ring (bicyclic) bond motifs is 3. The molecular formula is C20H26N6O. The lowest BCUT2D eigenvalue weighted by atomic mass is 9.70. The van der Waals surface area contributed by atoms with Crippen LogP contribution in [0.3, 0.4) is 0 Å². The highest BCUT2D eigenvalue weighted by Crippen LogP contribution is 2.45. The highest BCUT2D eigenvalue weighted by atomic mass is 16.5. The lowest BCUT2D eigenvalue weighted by Gasteiger charge is -2.37. The number of hydrogen-bond donors (Lipinski definition) is 0. The minimum absolute atomic E-state index is 0.0260. The van der Waals surface area contributed by atoms with Crippen molar-refractivity contribution in [2.24, 2.45) is 16.4 Å². The maximum atomic E-state index is 9.18. The number of methoxy groups -OCH3 is 1. The number of aromatic nitrogens is 3. The van der Waals surface area contributed by atoms with Gasteiger partial charge in [-0.05, 0) is 55.0 Å². The van der Waals surface area contributed by atoms with E-state index in [1.807, 2.05) is 24.7 Å². The van der Waals surface area contributed by atoms with Crippen molar-refractivity contribution in [3.05, 3.63) is 40.8 Å². The summed E-state index contributed by atoms with van der Waals surface area (Å²) in [4.78, 5) is 12.2. The molecule has 2 aromatic heterocycles. The van der Waals surface area contributed by atoms with Crippen molar-refractivity contribution in [3.63, 3.8) is 0 Å². The lowest BCUT2D eigenvalue weighted by molar-refractivity contribution is 0.166. The standard InChI is InChI=1S/C20H26N6O/c1-20(2)8-6-13(7-9-20)15(24-25-21)10-16-19-14(4-5-18(23-19)27-3)17-11-22-12-26(16)17/h4-5,11-13,15-16H,6-10H2,1-3H3. The Kier molecular flexibility index (Phi) is 4.56. The molecule has 1 aliphatic carbocycles. The average Bonchev–Trinajstić information content (AvgIpc) is 3.23. The first-order chi connectivity index (χ1) is 13.0. The van der Waals surface area contributed by atoms with Crippen molar-refractivity contribution in [2.45, 2.75) is 58.0 Å². The van der Waals surface area contributed by atoms with E-state index in [1.165, 1.54) is 12.8 Å². The molecule has 0 radical (unpaired) electrons. The largest absolute Gasteiger partial charge is 0.481 e. The Balaban J connectivity index is 1.63. The molecule has 1 fully saturated rings. The second-order valence-corrected chi connectivity index (χ2v) is 8.50. The van der Waals surface area contributed by atoms with Crippen LogP contribution in [0.2, 0.25) is 0 Å². The monoisotopic (exact) mass is 366 g/mol. The van der Waals surface area contributed by atoms with Crippen molar-refractivity contribution >= 4 is 0 Å². The fourth-order valence-electron chi connectivity index (χ4n) is 4.59. The fourth-order valence-corrected chi connectivity index (χ4v) is 4.59. The minimum atomic E-state index is -0.0368. The van der Waals surface area contributed by atoms with Gasteiger partial charge in [0.05, 0.1) is 37.1 Å². The van der Waals surface area contributed by atoms with Gasteiger partial charge in [0.15, 0.2) is 0 Å². The smallest absolute Gasteiger partial charge is 0.213 e. The third-order valence-corrected chi connectivity index (χ3v) is 6.29. The van der Waals surface area contributed by atoms with Gasteiger partial charge in [-0.1, -0.05) is 19.0 Å². The summed E-state index contributed by atoms with van der Waals surface area (Å²) in [5.41, 5.74) is 12.7. The van der Waals surface area contributed by atoms with Crippen LogP contribution in [0, 0.1) is 11.3 Å². The zero-order valence-corrected chi connectivity index (χ0v) is 16.2. The first kappa shape index (κ1) is 17.9. The van der Waals surface area contributed by atoms with E-state index in [1.54, 1.807) is 7.11 Å². The predicted molar refractivity (Wildman–Crippen MR) is 103 cm³/mol. The number of nitrogens with zero attached hydrogens (tertiary/aromatic N) is 6. The molecule has 2 atom stereocenters. The Labute approximate surface area is 159 Å². The number of azide groups is 1. The zero-order valence-electron chi connectivity index (χ0n) is 16.2. The first-order valence-corrected chi connectivity index (χ1v) is 9.64. The third kappa shape index (κ3) is 3.28. The number of hydrogen-bond acceptors (Lipinski definition) is 4. The molecule has 2 aromatic rings. The van der Waals surface area contributed by atoms with Gasteiger partial charge in [-0.2, -0.15) is 0 Å².